The molecular formula is C15H9F6NO3. The first-order valence-electron chi connectivity index (χ1n) is 6.61. The molecule has 2 aromatic rings. The third-order valence-corrected chi connectivity index (χ3v) is 3.03. The van der Waals surface area contributed by atoms with Gasteiger partial charge in [0.25, 0.3) is 0 Å². The third kappa shape index (κ3) is 4.61. The van der Waals surface area contributed by atoms with Gasteiger partial charge in [0.15, 0.2) is 5.69 Å². The van der Waals surface area contributed by atoms with Crippen LogP contribution in [0.15, 0.2) is 36.5 Å². The smallest absolute Gasteiger partial charge is 0.481 e. The Morgan fingerprint density at radius 2 is 1.72 bits per heavy atom. The van der Waals surface area contributed by atoms with Crippen LogP contribution in [0.4, 0.5) is 26.3 Å². The number of halogens is 6. The Morgan fingerprint density at radius 1 is 1.08 bits per heavy atom. The lowest BCUT2D eigenvalue weighted by atomic mass is 9.95. The molecule has 0 aliphatic heterocycles. The van der Waals surface area contributed by atoms with Crippen LogP contribution < -0.4 is 4.74 Å². The van der Waals surface area contributed by atoms with Gasteiger partial charge in [-0.25, -0.2) is 0 Å². The summed E-state index contributed by atoms with van der Waals surface area (Å²) >= 11 is 0. The molecule has 0 saturated heterocycles. The number of hydrogen-bond donors (Lipinski definition) is 1. The molecule has 1 aromatic heterocycles. The van der Waals surface area contributed by atoms with Gasteiger partial charge in [0, 0.05) is 17.3 Å². The Bertz CT molecular complexity index is 786. The molecule has 0 atom stereocenters. The number of carbonyl (C=O) groups is 1. The zero-order chi connectivity index (χ0) is 18.8. The molecule has 25 heavy (non-hydrogen) atoms. The molecule has 0 amide bonds. The van der Waals surface area contributed by atoms with E-state index in [0.717, 1.165) is 30.5 Å². The van der Waals surface area contributed by atoms with Crippen molar-refractivity contribution in [2.45, 2.75) is 19.0 Å². The topological polar surface area (TPSA) is 59.4 Å². The Hall–Kier alpha value is -2.78. The molecule has 134 valence electrons. The van der Waals surface area contributed by atoms with Gasteiger partial charge in [-0.3, -0.25) is 9.78 Å². The Labute approximate surface area is 136 Å². The van der Waals surface area contributed by atoms with Crippen LogP contribution in [-0.4, -0.2) is 22.4 Å². The van der Waals surface area contributed by atoms with Crippen molar-refractivity contribution in [3.05, 3.63) is 47.8 Å². The van der Waals surface area contributed by atoms with Crippen LogP contribution in [0, 0.1) is 0 Å². The van der Waals surface area contributed by atoms with E-state index in [9.17, 15) is 31.1 Å². The summed E-state index contributed by atoms with van der Waals surface area (Å²) in [6.07, 6.45) is -10.2. The van der Waals surface area contributed by atoms with Crippen LogP contribution in [0.2, 0.25) is 0 Å². The zero-order valence-corrected chi connectivity index (χ0v) is 12.1. The van der Waals surface area contributed by atoms with Gasteiger partial charge in [0.05, 0.1) is 6.42 Å². The molecular weight excluding hydrogens is 356 g/mol. The van der Waals surface area contributed by atoms with Gasteiger partial charge in [0.2, 0.25) is 0 Å². The molecule has 0 unspecified atom stereocenters. The SMILES string of the molecule is O=C(O)Cc1ccnc(C(F)(F)F)c1-c1ccccc1OC(F)(F)F. The number of benzene rings is 1. The average molecular weight is 365 g/mol. The van der Waals surface area contributed by atoms with Crippen molar-refractivity contribution in [3.63, 3.8) is 0 Å². The van der Waals surface area contributed by atoms with E-state index in [-0.39, 0.29) is 5.56 Å². The van der Waals surface area contributed by atoms with E-state index in [4.69, 9.17) is 5.11 Å². The molecule has 0 aliphatic carbocycles. The number of rotatable bonds is 4. The van der Waals surface area contributed by atoms with Crippen LogP contribution >= 0.6 is 0 Å². The number of aliphatic carboxylic acids is 1. The summed E-state index contributed by atoms with van der Waals surface area (Å²) < 4.78 is 81.1. The van der Waals surface area contributed by atoms with Crippen molar-refractivity contribution in [2.75, 3.05) is 0 Å². The fraction of sp³-hybridized carbons (Fsp3) is 0.200. The molecule has 0 aliphatic rings. The van der Waals surface area contributed by atoms with E-state index in [0.29, 0.717) is 0 Å². The van der Waals surface area contributed by atoms with Crippen LogP contribution in [0.1, 0.15) is 11.3 Å². The monoisotopic (exact) mass is 365 g/mol. The van der Waals surface area contributed by atoms with Crippen molar-refractivity contribution in [2.24, 2.45) is 0 Å². The lowest BCUT2D eigenvalue weighted by molar-refractivity contribution is -0.274. The Balaban J connectivity index is 2.75. The molecule has 0 radical (unpaired) electrons. The first kappa shape index (κ1) is 18.6. The summed E-state index contributed by atoms with van der Waals surface area (Å²) in [5, 5.41) is 8.87. The Kier molecular flexibility index (Phi) is 4.91. The normalized spacial score (nSPS) is 12.1. The highest BCUT2D eigenvalue weighted by molar-refractivity contribution is 5.80. The third-order valence-electron chi connectivity index (χ3n) is 3.03. The molecule has 1 heterocycles. The maximum absolute atomic E-state index is 13.2. The molecule has 0 saturated carbocycles. The fourth-order valence-electron chi connectivity index (χ4n) is 2.21. The molecule has 0 bridgehead atoms. The summed E-state index contributed by atoms with van der Waals surface area (Å²) in [6, 6.07) is 5.16. The number of aromatic nitrogens is 1. The molecule has 1 aromatic carbocycles. The fourth-order valence-corrected chi connectivity index (χ4v) is 2.21. The molecule has 10 heteroatoms. The average Bonchev–Trinajstić information content (AvgIpc) is 2.44. The lowest BCUT2D eigenvalue weighted by Gasteiger charge is -2.18. The highest BCUT2D eigenvalue weighted by Gasteiger charge is 2.39. The van der Waals surface area contributed by atoms with Crippen molar-refractivity contribution in [3.8, 4) is 16.9 Å². The quantitative estimate of drug-likeness (QED) is 0.821. The summed E-state index contributed by atoms with van der Waals surface area (Å²) in [7, 11) is 0. The van der Waals surface area contributed by atoms with Crippen LogP contribution in [0.3, 0.4) is 0 Å². The van der Waals surface area contributed by atoms with Crippen molar-refractivity contribution < 1.29 is 41.0 Å². The van der Waals surface area contributed by atoms with Crippen molar-refractivity contribution in [1.82, 2.24) is 4.98 Å². The number of pyridine rings is 1. The number of carboxylic acids is 1. The van der Waals surface area contributed by atoms with Gasteiger partial charge < -0.3 is 9.84 Å². The van der Waals surface area contributed by atoms with Gasteiger partial charge in [-0.1, -0.05) is 18.2 Å². The first-order valence-corrected chi connectivity index (χ1v) is 6.61. The number of nitrogens with zero attached hydrogens (tertiary/aromatic N) is 1. The number of para-hydroxylation sites is 1. The summed E-state index contributed by atoms with van der Waals surface area (Å²) in [5.41, 5.74) is -3.16. The predicted molar refractivity (Wildman–Crippen MR) is 72.7 cm³/mol. The molecule has 0 spiro atoms. The van der Waals surface area contributed by atoms with E-state index in [2.05, 4.69) is 9.72 Å². The van der Waals surface area contributed by atoms with Crippen LogP contribution in [0.5, 0.6) is 5.75 Å². The maximum Gasteiger partial charge on any atom is 0.573 e. The van der Waals surface area contributed by atoms with Gasteiger partial charge >= 0.3 is 18.5 Å². The summed E-state index contributed by atoms with van der Waals surface area (Å²) in [5.74, 6) is -2.34. The second-order valence-corrected chi connectivity index (χ2v) is 4.81. The van der Waals surface area contributed by atoms with Gasteiger partial charge in [-0.05, 0) is 17.7 Å². The molecule has 2 rings (SSSR count). The largest absolute Gasteiger partial charge is 0.573 e. The van der Waals surface area contributed by atoms with Gasteiger partial charge in [-0.15, -0.1) is 13.2 Å². The molecule has 4 nitrogen and oxygen atoms in total. The number of alkyl halides is 6. The highest BCUT2D eigenvalue weighted by Crippen LogP contribution is 2.42. The minimum Gasteiger partial charge on any atom is -0.481 e. The standard InChI is InChI=1S/C15H9F6NO3/c16-14(17,18)13-12(8(5-6-22-13)7-11(23)24)9-3-1-2-4-10(9)25-15(19,20)21/h1-6H,7H2,(H,23,24). The van der Waals surface area contributed by atoms with Crippen molar-refractivity contribution >= 4 is 5.97 Å². The van der Waals surface area contributed by atoms with Crippen LogP contribution in [-0.2, 0) is 17.4 Å². The van der Waals surface area contributed by atoms with Crippen LogP contribution in [0.25, 0.3) is 11.1 Å². The second-order valence-electron chi connectivity index (χ2n) is 4.81. The molecule has 1 N–H and O–H groups in total. The van der Waals surface area contributed by atoms with E-state index in [1.165, 1.54) is 6.07 Å². The summed E-state index contributed by atoms with van der Waals surface area (Å²) in [6.45, 7) is 0. The maximum atomic E-state index is 13.2. The minimum absolute atomic E-state index is 0.340. The van der Waals surface area contributed by atoms with E-state index in [1.54, 1.807) is 0 Å². The minimum atomic E-state index is -5.14. The van der Waals surface area contributed by atoms with Gasteiger partial charge in [0.1, 0.15) is 5.75 Å². The lowest BCUT2D eigenvalue weighted by Crippen LogP contribution is -2.18. The zero-order valence-electron chi connectivity index (χ0n) is 12.1. The number of carboxylic acid groups (broad SMARTS) is 1. The summed E-state index contributed by atoms with van der Waals surface area (Å²) in [4.78, 5) is 14.1. The van der Waals surface area contributed by atoms with Crippen molar-refractivity contribution in [1.29, 1.82) is 0 Å². The number of hydrogen-bond acceptors (Lipinski definition) is 3. The van der Waals surface area contributed by atoms with E-state index < -0.39 is 47.5 Å². The first-order chi connectivity index (χ1) is 11.5. The number of ether oxygens (including phenoxy) is 1. The predicted octanol–water partition coefficient (Wildman–Crippen LogP) is 4.29. The second kappa shape index (κ2) is 6.61. The van der Waals surface area contributed by atoms with E-state index in [1.807, 2.05) is 0 Å². The Morgan fingerprint density at radius 3 is 2.28 bits per heavy atom. The van der Waals surface area contributed by atoms with E-state index >= 15 is 0 Å². The highest BCUT2D eigenvalue weighted by atomic mass is 19.4. The molecule has 0 fully saturated rings. The van der Waals surface area contributed by atoms with Gasteiger partial charge in [-0.2, -0.15) is 13.2 Å².